The zero-order valence-corrected chi connectivity index (χ0v) is 8.11. The molecule has 2 saturated heterocycles. The molecule has 2 heterocycles. The van der Waals surface area contributed by atoms with Crippen LogP contribution >= 0.6 is 0 Å². The average Bonchev–Trinajstić information content (AvgIpc) is 2.48. The van der Waals surface area contributed by atoms with Gasteiger partial charge in [0.25, 0.3) is 0 Å². The van der Waals surface area contributed by atoms with Crippen LogP contribution in [0.4, 0.5) is 0 Å². The number of carboxylic acid groups (broad SMARTS) is 1. The lowest BCUT2D eigenvalue weighted by atomic mass is 10.1. The van der Waals surface area contributed by atoms with E-state index in [0.29, 0.717) is 12.8 Å². The number of amides is 1. The number of fused-ring (bicyclic) bond motifs is 1. The van der Waals surface area contributed by atoms with E-state index in [2.05, 4.69) is 0 Å². The van der Waals surface area contributed by atoms with Crippen LogP contribution in [0.3, 0.4) is 0 Å². The van der Waals surface area contributed by atoms with E-state index in [1.165, 1.54) is 0 Å². The third-order valence-electron chi connectivity index (χ3n) is 3.25. The van der Waals surface area contributed by atoms with Gasteiger partial charge in [-0.3, -0.25) is 4.79 Å². The lowest BCUT2D eigenvalue weighted by Crippen LogP contribution is -2.43. The van der Waals surface area contributed by atoms with Crippen molar-refractivity contribution in [2.75, 3.05) is 0 Å². The van der Waals surface area contributed by atoms with Crippen LogP contribution in [0.5, 0.6) is 0 Å². The largest absolute Gasteiger partial charge is 0.480 e. The molecule has 14 heavy (non-hydrogen) atoms. The Morgan fingerprint density at radius 3 is 2.79 bits per heavy atom. The first-order valence-electron chi connectivity index (χ1n) is 5.24. The maximum absolute atomic E-state index is 11.7. The lowest BCUT2D eigenvalue weighted by Gasteiger charge is -2.26. The predicted molar refractivity (Wildman–Crippen MR) is 49.8 cm³/mol. The molecule has 2 aliphatic heterocycles. The maximum Gasteiger partial charge on any atom is 0.326 e. The van der Waals surface area contributed by atoms with E-state index in [-0.39, 0.29) is 11.9 Å². The van der Waals surface area contributed by atoms with Crippen LogP contribution in [0.2, 0.25) is 0 Å². The van der Waals surface area contributed by atoms with E-state index in [9.17, 15) is 9.59 Å². The Morgan fingerprint density at radius 1 is 1.29 bits per heavy atom. The van der Waals surface area contributed by atoms with Gasteiger partial charge in [0.1, 0.15) is 6.04 Å². The van der Waals surface area contributed by atoms with Gasteiger partial charge in [0.05, 0.1) is 0 Å². The van der Waals surface area contributed by atoms with Crippen LogP contribution in [-0.2, 0) is 9.59 Å². The first kappa shape index (κ1) is 9.49. The molecule has 0 aromatic rings. The molecule has 2 rings (SSSR count). The SMILES string of the molecule is O=C(O)[C@@H]1CC[C@@H]2CCCCC(=O)N21. The first-order valence-corrected chi connectivity index (χ1v) is 5.24. The summed E-state index contributed by atoms with van der Waals surface area (Å²) in [5, 5.41) is 8.97. The highest BCUT2D eigenvalue weighted by molar-refractivity contribution is 5.84. The standard InChI is InChI=1S/C10H15NO3/c12-9-4-2-1-3-7-5-6-8(10(13)14)11(7)9/h7-8H,1-6H2,(H,13,14)/t7-,8-/m0/s1. The Bertz CT molecular complexity index is 264. The van der Waals surface area contributed by atoms with Gasteiger partial charge < -0.3 is 10.0 Å². The number of rotatable bonds is 1. The van der Waals surface area contributed by atoms with Crippen LogP contribution in [0.25, 0.3) is 0 Å². The molecule has 0 saturated carbocycles. The van der Waals surface area contributed by atoms with Gasteiger partial charge in [0, 0.05) is 12.5 Å². The van der Waals surface area contributed by atoms with E-state index in [4.69, 9.17) is 5.11 Å². The number of carbonyl (C=O) groups is 2. The van der Waals surface area contributed by atoms with Crippen molar-refractivity contribution in [2.24, 2.45) is 0 Å². The summed E-state index contributed by atoms with van der Waals surface area (Å²) in [7, 11) is 0. The van der Waals surface area contributed by atoms with E-state index < -0.39 is 12.0 Å². The van der Waals surface area contributed by atoms with Crippen molar-refractivity contribution >= 4 is 11.9 Å². The normalized spacial score (nSPS) is 32.6. The molecule has 4 nitrogen and oxygen atoms in total. The molecular weight excluding hydrogens is 182 g/mol. The minimum absolute atomic E-state index is 0.0393. The van der Waals surface area contributed by atoms with E-state index in [1.54, 1.807) is 4.90 Å². The van der Waals surface area contributed by atoms with Crippen molar-refractivity contribution in [2.45, 2.75) is 50.6 Å². The number of hydrogen-bond acceptors (Lipinski definition) is 2. The van der Waals surface area contributed by atoms with Gasteiger partial charge in [-0.1, -0.05) is 6.42 Å². The molecule has 0 bridgehead atoms. The summed E-state index contributed by atoms with van der Waals surface area (Å²) in [6.45, 7) is 0. The highest BCUT2D eigenvalue weighted by Gasteiger charge is 2.41. The van der Waals surface area contributed by atoms with Crippen molar-refractivity contribution in [3.63, 3.8) is 0 Å². The average molecular weight is 197 g/mol. The lowest BCUT2D eigenvalue weighted by molar-refractivity contribution is -0.149. The topological polar surface area (TPSA) is 57.6 Å². The highest BCUT2D eigenvalue weighted by atomic mass is 16.4. The Kier molecular flexibility index (Phi) is 2.44. The predicted octanol–water partition coefficient (Wildman–Crippen LogP) is 1.00. The Hall–Kier alpha value is -1.06. The van der Waals surface area contributed by atoms with E-state index in [1.807, 2.05) is 0 Å². The summed E-state index contributed by atoms with van der Waals surface area (Å²) in [5.74, 6) is -0.805. The van der Waals surface area contributed by atoms with Crippen molar-refractivity contribution in [1.29, 1.82) is 0 Å². The van der Waals surface area contributed by atoms with Gasteiger partial charge in [0.2, 0.25) is 5.91 Å². The fraction of sp³-hybridized carbons (Fsp3) is 0.800. The highest BCUT2D eigenvalue weighted by Crippen LogP contribution is 2.31. The third-order valence-corrected chi connectivity index (χ3v) is 3.25. The summed E-state index contributed by atoms with van der Waals surface area (Å²) in [4.78, 5) is 24.2. The number of aliphatic carboxylic acids is 1. The van der Waals surface area contributed by atoms with Crippen molar-refractivity contribution in [3.8, 4) is 0 Å². The molecule has 0 radical (unpaired) electrons. The third kappa shape index (κ3) is 1.49. The summed E-state index contributed by atoms with van der Waals surface area (Å²) < 4.78 is 0. The van der Waals surface area contributed by atoms with E-state index in [0.717, 1.165) is 25.7 Å². The van der Waals surface area contributed by atoms with Crippen LogP contribution in [-0.4, -0.2) is 34.0 Å². The minimum Gasteiger partial charge on any atom is -0.480 e. The summed E-state index contributed by atoms with van der Waals surface area (Å²) in [6, 6.07) is -0.350. The molecule has 0 aliphatic carbocycles. The Labute approximate surface area is 82.9 Å². The molecule has 2 atom stereocenters. The first-order chi connectivity index (χ1) is 6.70. The van der Waals surface area contributed by atoms with Gasteiger partial charge >= 0.3 is 5.97 Å². The summed E-state index contributed by atoms with van der Waals surface area (Å²) in [5.41, 5.74) is 0. The summed E-state index contributed by atoms with van der Waals surface area (Å²) >= 11 is 0. The van der Waals surface area contributed by atoms with Gasteiger partial charge in [-0.15, -0.1) is 0 Å². The molecule has 0 aromatic heterocycles. The second-order valence-electron chi connectivity index (χ2n) is 4.13. The fourth-order valence-corrected chi connectivity index (χ4v) is 2.57. The smallest absolute Gasteiger partial charge is 0.326 e. The molecule has 0 aromatic carbocycles. The Balaban J connectivity index is 2.18. The quantitative estimate of drug-likeness (QED) is 0.682. The number of carboxylic acids is 1. The van der Waals surface area contributed by atoms with Crippen molar-refractivity contribution in [3.05, 3.63) is 0 Å². The number of nitrogens with zero attached hydrogens (tertiary/aromatic N) is 1. The van der Waals surface area contributed by atoms with Gasteiger partial charge in [-0.2, -0.15) is 0 Å². The number of carbonyl (C=O) groups excluding carboxylic acids is 1. The Morgan fingerprint density at radius 2 is 2.07 bits per heavy atom. The molecule has 0 unspecified atom stereocenters. The molecular formula is C10H15NO3. The molecule has 2 fully saturated rings. The second-order valence-corrected chi connectivity index (χ2v) is 4.13. The number of hydrogen-bond donors (Lipinski definition) is 1. The van der Waals surface area contributed by atoms with Gasteiger partial charge in [-0.25, -0.2) is 4.79 Å². The maximum atomic E-state index is 11.7. The van der Waals surface area contributed by atoms with Crippen LogP contribution in [0.1, 0.15) is 38.5 Å². The second kappa shape index (κ2) is 3.59. The van der Waals surface area contributed by atoms with Gasteiger partial charge in [0.15, 0.2) is 0 Å². The van der Waals surface area contributed by atoms with Crippen LogP contribution in [0, 0.1) is 0 Å². The van der Waals surface area contributed by atoms with Gasteiger partial charge in [-0.05, 0) is 25.7 Å². The minimum atomic E-state index is -0.845. The van der Waals surface area contributed by atoms with Crippen molar-refractivity contribution in [1.82, 2.24) is 4.90 Å². The molecule has 78 valence electrons. The molecule has 0 spiro atoms. The molecule has 1 N–H and O–H groups in total. The molecule has 4 heteroatoms. The zero-order chi connectivity index (χ0) is 10.1. The monoisotopic (exact) mass is 197 g/mol. The van der Waals surface area contributed by atoms with Crippen LogP contribution in [0.15, 0.2) is 0 Å². The molecule has 2 aliphatic rings. The summed E-state index contributed by atoms with van der Waals surface area (Å²) in [6.07, 6.45) is 4.97. The zero-order valence-electron chi connectivity index (χ0n) is 8.11. The van der Waals surface area contributed by atoms with Crippen LogP contribution < -0.4 is 0 Å². The van der Waals surface area contributed by atoms with E-state index >= 15 is 0 Å². The molecule has 1 amide bonds. The van der Waals surface area contributed by atoms with Crippen molar-refractivity contribution < 1.29 is 14.7 Å². The fourth-order valence-electron chi connectivity index (χ4n) is 2.57.